The second-order valence-electron chi connectivity index (χ2n) is 6.72. The van der Waals surface area contributed by atoms with Crippen molar-refractivity contribution in [3.63, 3.8) is 0 Å². The quantitative estimate of drug-likeness (QED) is 0.355. The highest BCUT2D eigenvalue weighted by Gasteiger charge is 2.49. The molecule has 4 rings (SSSR count). The van der Waals surface area contributed by atoms with Gasteiger partial charge in [0, 0.05) is 16.7 Å². The van der Waals surface area contributed by atoms with Crippen LogP contribution in [0.25, 0.3) is 5.76 Å². The predicted octanol–water partition coefficient (Wildman–Crippen LogP) is 5.15. The molecule has 1 aliphatic rings. The zero-order chi connectivity index (χ0) is 21.6. The summed E-state index contributed by atoms with van der Waals surface area (Å²) < 4.78 is 33.5. The van der Waals surface area contributed by atoms with Gasteiger partial charge in [-0.3, -0.25) is 14.5 Å². The number of aryl methyl sites for hydroxylation is 1. The van der Waals surface area contributed by atoms with E-state index < -0.39 is 35.1 Å². The van der Waals surface area contributed by atoms with E-state index in [9.17, 15) is 23.5 Å². The van der Waals surface area contributed by atoms with E-state index in [4.69, 9.17) is 16.0 Å². The van der Waals surface area contributed by atoms with Crippen LogP contribution >= 0.6 is 11.6 Å². The lowest BCUT2D eigenvalue weighted by Gasteiger charge is -2.23. The van der Waals surface area contributed by atoms with Crippen LogP contribution in [0.4, 0.5) is 14.5 Å². The van der Waals surface area contributed by atoms with Gasteiger partial charge in [0.15, 0.2) is 0 Å². The molecule has 1 aromatic heterocycles. The van der Waals surface area contributed by atoms with Crippen LogP contribution in [-0.4, -0.2) is 16.8 Å². The number of hydrogen-bond donors (Lipinski definition) is 1. The van der Waals surface area contributed by atoms with E-state index >= 15 is 0 Å². The van der Waals surface area contributed by atoms with Crippen molar-refractivity contribution >= 4 is 34.7 Å². The number of ketones is 1. The van der Waals surface area contributed by atoms with Crippen LogP contribution in [0.5, 0.6) is 0 Å². The maximum Gasteiger partial charge on any atom is 0.300 e. The van der Waals surface area contributed by atoms with Crippen molar-refractivity contribution in [2.75, 3.05) is 4.90 Å². The van der Waals surface area contributed by atoms with E-state index in [0.29, 0.717) is 16.8 Å². The molecule has 2 heterocycles. The number of aliphatic hydroxyl groups is 1. The SMILES string of the molecule is Cc1ccc(C2/C(=C(/O)c3cccc(Cl)c3)C(=O)C(=O)N2c2ccc(F)cc2F)o1. The van der Waals surface area contributed by atoms with E-state index in [2.05, 4.69) is 0 Å². The molecule has 0 spiro atoms. The first-order chi connectivity index (χ1) is 14.3. The molecule has 1 amide bonds. The molecule has 8 heteroatoms. The molecule has 152 valence electrons. The molecule has 1 atom stereocenters. The van der Waals surface area contributed by atoms with Crippen molar-refractivity contribution in [2.45, 2.75) is 13.0 Å². The molecule has 0 bridgehead atoms. The minimum absolute atomic E-state index is 0.138. The van der Waals surface area contributed by atoms with Crippen LogP contribution in [0.3, 0.4) is 0 Å². The van der Waals surface area contributed by atoms with Gasteiger partial charge in [-0.05, 0) is 43.3 Å². The van der Waals surface area contributed by atoms with Gasteiger partial charge in [0.25, 0.3) is 11.7 Å². The number of anilines is 1. The minimum atomic E-state index is -1.25. The normalized spacial score (nSPS) is 18.3. The van der Waals surface area contributed by atoms with Gasteiger partial charge >= 0.3 is 0 Å². The number of halogens is 3. The Balaban J connectivity index is 1.97. The Morgan fingerprint density at radius 2 is 1.87 bits per heavy atom. The summed E-state index contributed by atoms with van der Waals surface area (Å²) in [6.07, 6.45) is 0. The lowest BCUT2D eigenvalue weighted by molar-refractivity contribution is -0.132. The number of rotatable bonds is 3. The summed E-state index contributed by atoms with van der Waals surface area (Å²) in [5, 5.41) is 11.2. The van der Waals surface area contributed by atoms with Gasteiger partial charge in [-0.1, -0.05) is 23.7 Å². The first-order valence-corrected chi connectivity index (χ1v) is 9.24. The lowest BCUT2D eigenvalue weighted by Crippen LogP contribution is -2.30. The van der Waals surface area contributed by atoms with E-state index in [-0.39, 0.29) is 22.6 Å². The molecule has 0 saturated carbocycles. The highest BCUT2D eigenvalue weighted by Crippen LogP contribution is 2.43. The van der Waals surface area contributed by atoms with E-state index in [1.165, 1.54) is 18.2 Å². The fraction of sp³-hybridized carbons (Fsp3) is 0.0909. The zero-order valence-electron chi connectivity index (χ0n) is 15.5. The summed E-state index contributed by atoms with van der Waals surface area (Å²) in [4.78, 5) is 26.6. The van der Waals surface area contributed by atoms with Crippen molar-refractivity contribution in [3.8, 4) is 0 Å². The zero-order valence-corrected chi connectivity index (χ0v) is 16.3. The third kappa shape index (κ3) is 3.27. The molecule has 3 aromatic rings. The molecular weight excluding hydrogens is 416 g/mol. The van der Waals surface area contributed by atoms with Crippen LogP contribution < -0.4 is 4.90 Å². The molecule has 2 aromatic carbocycles. The van der Waals surface area contributed by atoms with Gasteiger partial charge in [-0.15, -0.1) is 0 Å². The molecule has 0 aliphatic carbocycles. The van der Waals surface area contributed by atoms with Crippen molar-refractivity contribution < 1.29 is 27.9 Å². The number of hydrogen-bond acceptors (Lipinski definition) is 4. The number of Topliss-reactive ketones (excluding diaryl/α,β-unsaturated/α-hetero) is 1. The molecule has 30 heavy (non-hydrogen) atoms. The Labute approximate surface area is 174 Å². The van der Waals surface area contributed by atoms with Gasteiger partial charge in [-0.25, -0.2) is 8.78 Å². The minimum Gasteiger partial charge on any atom is -0.507 e. The Morgan fingerprint density at radius 3 is 2.50 bits per heavy atom. The van der Waals surface area contributed by atoms with Gasteiger partial charge in [0.05, 0.1) is 11.3 Å². The molecule has 1 saturated heterocycles. The Morgan fingerprint density at radius 1 is 1.10 bits per heavy atom. The summed E-state index contributed by atoms with van der Waals surface area (Å²) in [5.41, 5.74) is -0.406. The smallest absolute Gasteiger partial charge is 0.300 e. The fourth-order valence-electron chi connectivity index (χ4n) is 3.42. The van der Waals surface area contributed by atoms with Gasteiger partial charge < -0.3 is 9.52 Å². The average molecular weight is 430 g/mol. The Bertz CT molecular complexity index is 1220. The molecule has 5 nitrogen and oxygen atoms in total. The van der Waals surface area contributed by atoms with Crippen LogP contribution in [0.2, 0.25) is 5.02 Å². The first-order valence-electron chi connectivity index (χ1n) is 8.86. The van der Waals surface area contributed by atoms with E-state index in [1.807, 2.05) is 0 Å². The van der Waals surface area contributed by atoms with E-state index in [1.54, 1.807) is 25.1 Å². The largest absolute Gasteiger partial charge is 0.507 e. The maximum atomic E-state index is 14.5. The third-order valence-corrected chi connectivity index (χ3v) is 4.98. The topological polar surface area (TPSA) is 70.8 Å². The molecule has 1 unspecified atom stereocenters. The Kier molecular flexibility index (Phi) is 4.91. The highest BCUT2D eigenvalue weighted by atomic mass is 35.5. The van der Waals surface area contributed by atoms with Gasteiger partial charge in [0.1, 0.15) is 35.0 Å². The van der Waals surface area contributed by atoms with Crippen LogP contribution in [0.15, 0.2) is 64.6 Å². The Hall–Kier alpha value is -3.45. The van der Waals surface area contributed by atoms with Crippen LogP contribution in [-0.2, 0) is 9.59 Å². The first kappa shape index (κ1) is 19.8. The number of carbonyl (C=O) groups excluding carboxylic acids is 2. The lowest BCUT2D eigenvalue weighted by atomic mass is 9.99. The highest BCUT2D eigenvalue weighted by molar-refractivity contribution is 6.51. The maximum absolute atomic E-state index is 14.5. The summed E-state index contributed by atoms with van der Waals surface area (Å²) in [6.45, 7) is 1.66. The second-order valence-corrected chi connectivity index (χ2v) is 7.16. The van der Waals surface area contributed by atoms with Crippen molar-refractivity contribution in [1.29, 1.82) is 0 Å². The van der Waals surface area contributed by atoms with Gasteiger partial charge in [-0.2, -0.15) is 0 Å². The summed E-state index contributed by atoms with van der Waals surface area (Å²) >= 11 is 5.98. The number of carbonyl (C=O) groups is 2. The number of aliphatic hydroxyl groups excluding tert-OH is 1. The van der Waals surface area contributed by atoms with Gasteiger partial charge in [0.2, 0.25) is 0 Å². The van der Waals surface area contributed by atoms with Crippen molar-refractivity contribution in [3.05, 3.63) is 93.9 Å². The number of nitrogens with zero attached hydrogens (tertiary/aromatic N) is 1. The second kappa shape index (κ2) is 7.42. The molecule has 1 fully saturated rings. The van der Waals surface area contributed by atoms with E-state index in [0.717, 1.165) is 17.0 Å². The predicted molar refractivity (Wildman–Crippen MR) is 106 cm³/mol. The number of furan rings is 1. The number of amides is 1. The third-order valence-electron chi connectivity index (χ3n) is 4.74. The molecule has 1 aliphatic heterocycles. The molecule has 0 radical (unpaired) electrons. The van der Waals surface area contributed by atoms with Crippen molar-refractivity contribution in [1.82, 2.24) is 0 Å². The number of benzene rings is 2. The summed E-state index contributed by atoms with van der Waals surface area (Å²) in [7, 11) is 0. The molecular formula is C22H14ClF2NO4. The molecule has 1 N–H and O–H groups in total. The van der Waals surface area contributed by atoms with Crippen LogP contribution in [0, 0.1) is 18.6 Å². The van der Waals surface area contributed by atoms with Crippen LogP contribution in [0.1, 0.15) is 23.1 Å². The standard InChI is InChI=1S/C22H14ClF2NO4/c1-11-5-8-17(30-11)19-18(20(27)12-3-2-4-13(23)9-12)21(28)22(29)26(19)16-7-6-14(24)10-15(16)25/h2-10,19,27H,1H3/b20-18-. The summed E-state index contributed by atoms with van der Waals surface area (Å²) in [5.74, 6) is -3.85. The average Bonchev–Trinajstić information content (AvgIpc) is 3.23. The monoisotopic (exact) mass is 429 g/mol. The summed E-state index contributed by atoms with van der Waals surface area (Å²) in [6, 6.07) is 10.6. The van der Waals surface area contributed by atoms with Crippen molar-refractivity contribution in [2.24, 2.45) is 0 Å². The fourth-order valence-corrected chi connectivity index (χ4v) is 3.61.